The largest absolute Gasteiger partial charge is 0.478 e. The van der Waals surface area contributed by atoms with E-state index in [1.165, 1.54) is 19.2 Å². The molecule has 1 rings (SSSR count). The highest BCUT2D eigenvalue weighted by atomic mass is 19.3. The quantitative estimate of drug-likeness (QED) is 0.718. The SMILES string of the molecule is CCCOc1ccc(C(=O)OCCC(C)=C(F)F)cn1. The van der Waals surface area contributed by atoms with Gasteiger partial charge in [-0.05, 0) is 25.0 Å². The summed E-state index contributed by atoms with van der Waals surface area (Å²) in [4.78, 5) is 15.6. The minimum Gasteiger partial charge on any atom is -0.478 e. The summed E-state index contributed by atoms with van der Waals surface area (Å²) >= 11 is 0. The van der Waals surface area contributed by atoms with E-state index < -0.39 is 12.0 Å². The van der Waals surface area contributed by atoms with E-state index in [1.54, 1.807) is 6.07 Å². The number of carbonyl (C=O) groups excluding carboxylic acids is 1. The van der Waals surface area contributed by atoms with Crippen LogP contribution in [-0.2, 0) is 4.74 Å². The fraction of sp³-hybridized carbons (Fsp3) is 0.429. The van der Waals surface area contributed by atoms with Gasteiger partial charge in [0.05, 0.1) is 18.8 Å². The Morgan fingerprint density at radius 2 is 2.05 bits per heavy atom. The van der Waals surface area contributed by atoms with Gasteiger partial charge in [0, 0.05) is 18.7 Å². The maximum atomic E-state index is 12.1. The van der Waals surface area contributed by atoms with Crippen molar-refractivity contribution < 1.29 is 23.0 Å². The molecule has 0 aromatic carbocycles. The molecule has 0 aliphatic carbocycles. The van der Waals surface area contributed by atoms with Crippen LogP contribution in [0.3, 0.4) is 0 Å². The molecule has 0 aliphatic rings. The second-order valence-corrected chi connectivity index (χ2v) is 4.16. The number of hydrogen-bond donors (Lipinski definition) is 0. The summed E-state index contributed by atoms with van der Waals surface area (Å²) in [5, 5.41) is 0. The predicted molar refractivity (Wildman–Crippen MR) is 69.8 cm³/mol. The molecule has 1 aromatic heterocycles. The Hall–Kier alpha value is -1.98. The van der Waals surface area contributed by atoms with E-state index in [9.17, 15) is 13.6 Å². The Labute approximate surface area is 116 Å². The molecular weight excluding hydrogens is 268 g/mol. The molecule has 20 heavy (non-hydrogen) atoms. The van der Waals surface area contributed by atoms with Crippen LogP contribution in [0, 0.1) is 0 Å². The Kier molecular flexibility index (Phi) is 6.63. The minimum atomic E-state index is -1.74. The molecule has 6 heteroatoms. The van der Waals surface area contributed by atoms with Gasteiger partial charge in [-0.1, -0.05) is 6.92 Å². The van der Waals surface area contributed by atoms with E-state index in [0.717, 1.165) is 6.42 Å². The van der Waals surface area contributed by atoms with Gasteiger partial charge >= 0.3 is 5.97 Å². The zero-order valence-electron chi connectivity index (χ0n) is 11.5. The Morgan fingerprint density at radius 3 is 2.60 bits per heavy atom. The van der Waals surface area contributed by atoms with Crippen molar-refractivity contribution in [3.05, 3.63) is 35.5 Å². The maximum Gasteiger partial charge on any atom is 0.339 e. The third-order valence-corrected chi connectivity index (χ3v) is 2.46. The molecule has 0 spiro atoms. The van der Waals surface area contributed by atoms with Crippen molar-refractivity contribution in [2.75, 3.05) is 13.2 Å². The summed E-state index contributed by atoms with van der Waals surface area (Å²) in [5.74, 6) is -0.159. The van der Waals surface area contributed by atoms with E-state index >= 15 is 0 Å². The average Bonchev–Trinajstić information content (AvgIpc) is 2.45. The number of ether oxygens (including phenoxy) is 2. The molecule has 0 unspecified atom stereocenters. The van der Waals surface area contributed by atoms with Gasteiger partial charge in [-0.2, -0.15) is 8.78 Å². The van der Waals surface area contributed by atoms with Gasteiger partial charge in [0.1, 0.15) is 0 Å². The highest BCUT2D eigenvalue weighted by Gasteiger charge is 2.09. The molecule has 0 radical (unpaired) electrons. The van der Waals surface area contributed by atoms with Crippen molar-refractivity contribution in [2.45, 2.75) is 26.7 Å². The van der Waals surface area contributed by atoms with Gasteiger partial charge in [0.15, 0.2) is 0 Å². The number of hydrogen-bond acceptors (Lipinski definition) is 4. The second kappa shape index (κ2) is 8.24. The van der Waals surface area contributed by atoms with Crippen molar-refractivity contribution in [1.29, 1.82) is 0 Å². The summed E-state index contributed by atoms with van der Waals surface area (Å²) in [5.41, 5.74) is 0.176. The predicted octanol–water partition coefficient (Wildman–Crippen LogP) is 3.59. The first kappa shape index (κ1) is 16.1. The maximum absolute atomic E-state index is 12.1. The van der Waals surface area contributed by atoms with E-state index in [1.807, 2.05) is 6.92 Å². The molecule has 0 aliphatic heterocycles. The van der Waals surface area contributed by atoms with Crippen LogP contribution in [0.15, 0.2) is 30.0 Å². The number of pyridine rings is 1. The van der Waals surface area contributed by atoms with Crippen LogP contribution < -0.4 is 4.74 Å². The number of esters is 1. The zero-order valence-corrected chi connectivity index (χ0v) is 11.5. The lowest BCUT2D eigenvalue weighted by molar-refractivity contribution is 0.0507. The Morgan fingerprint density at radius 1 is 1.30 bits per heavy atom. The molecule has 0 amide bonds. The van der Waals surface area contributed by atoms with E-state index in [2.05, 4.69) is 4.98 Å². The number of aromatic nitrogens is 1. The van der Waals surface area contributed by atoms with Crippen LogP contribution in [0.2, 0.25) is 0 Å². The van der Waals surface area contributed by atoms with Crippen molar-refractivity contribution in [3.63, 3.8) is 0 Å². The topological polar surface area (TPSA) is 48.4 Å². The number of rotatable bonds is 7. The van der Waals surface area contributed by atoms with Crippen LogP contribution >= 0.6 is 0 Å². The summed E-state index contributed by atoms with van der Waals surface area (Å²) in [6.07, 6.45) is 0.481. The van der Waals surface area contributed by atoms with Crippen LogP contribution in [0.4, 0.5) is 8.78 Å². The highest BCUT2D eigenvalue weighted by Crippen LogP contribution is 2.12. The van der Waals surface area contributed by atoms with Gasteiger partial charge < -0.3 is 9.47 Å². The molecule has 0 fully saturated rings. The molecule has 0 atom stereocenters. The lowest BCUT2D eigenvalue weighted by atomic mass is 10.2. The van der Waals surface area contributed by atoms with Crippen molar-refractivity contribution in [1.82, 2.24) is 4.98 Å². The number of nitrogens with zero attached hydrogens (tertiary/aromatic N) is 1. The van der Waals surface area contributed by atoms with E-state index in [4.69, 9.17) is 9.47 Å². The van der Waals surface area contributed by atoms with E-state index in [0.29, 0.717) is 12.5 Å². The van der Waals surface area contributed by atoms with Gasteiger partial charge in [-0.25, -0.2) is 9.78 Å². The summed E-state index contributed by atoms with van der Waals surface area (Å²) in [6.45, 7) is 3.74. The van der Waals surface area contributed by atoms with Crippen LogP contribution in [0.1, 0.15) is 37.0 Å². The molecule has 110 valence electrons. The first-order valence-electron chi connectivity index (χ1n) is 6.31. The zero-order chi connectivity index (χ0) is 15.0. The van der Waals surface area contributed by atoms with Crippen LogP contribution in [-0.4, -0.2) is 24.2 Å². The van der Waals surface area contributed by atoms with Gasteiger partial charge in [-0.15, -0.1) is 0 Å². The monoisotopic (exact) mass is 285 g/mol. The van der Waals surface area contributed by atoms with Gasteiger partial charge in [0.25, 0.3) is 6.08 Å². The third kappa shape index (κ3) is 5.34. The summed E-state index contributed by atoms with van der Waals surface area (Å²) in [6, 6.07) is 3.09. The minimum absolute atomic E-state index is 0.0131. The molecule has 1 heterocycles. The Balaban J connectivity index is 2.45. The first-order chi connectivity index (χ1) is 9.54. The van der Waals surface area contributed by atoms with Crippen LogP contribution in [0.5, 0.6) is 5.88 Å². The fourth-order valence-electron chi connectivity index (χ4n) is 1.27. The lowest BCUT2D eigenvalue weighted by Gasteiger charge is -2.06. The fourth-order valence-corrected chi connectivity index (χ4v) is 1.27. The van der Waals surface area contributed by atoms with E-state index in [-0.39, 0.29) is 24.2 Å². The summed E-state index contributed by atoms with van der Waals surface area (Å²) < 4.78 is 34.4. The standard InChI is InChI=1S/C14H17F2NO3/c1-3-7-19-12-5-4-11(9-17-12)14(18)20-8-6-10(2)13(15)16/h4-5,9H,3,6-8H2,1-2H3. The van der Waals surface area contributed by atoms with Crippen molar-refractivity contribution in [2.24, 2.45) is 0 Å². The smallest absolute Gasteiger partial charge is 0.339 e. The molecular formula is C14H17F2NO3. The third-order valence-electron chi connectivity index (χ3n) is 2.46. The van der Waals surface area contributed by atoms with Crippen LogP contribution in [0.25, 0.3) is 0 Å². The number of carbonyl (C=O) groups is 1. The normalized spacial score (nSPS) is 10.0. The molecule has 0 saturated heterocycles. The highest BCUT2D eigenvalue weighted by molar-refractivity contribution is 5.89. The van der Waals surface area contributed by atoms with Crippen molar-refractivity contribution in [3.8, 4) is 5.88 Å². The first-order valence-corrected chi connectivity index (χ1v) is 6.31. The molecule has 0 N–H and O–H groups in total. The van der Waals surface area contributed by atoms with Gasteiger partial charge in [0.2, 0.25) is 5.88 Å². The average molecular weight is 285 g/mol. The van der Waals surface area contributed by atoms with Gasteiger partial charge in [-0.3, -0.25) is 0 Å². The number of halogens is 2. The van der Waals surface area contributed by atoms with Crippen molar-refractivity contribution >= 4 is 5.97 Å². The molecule has 4 nitrogen and oxygen atoms in total. The molecule has 1 aromatic rings. The summed E-state index contributed by atoms with van der Waals surface area (Å²) in [7, 11) is 0. The molecule has 0 saturated carbocycles. The Bertz CT molecular complexity index is 468. The molecule has 0 bridgehead atoms. The lowest BCUT2D eigenvalue weighted by Crippen LogP contribution is -2.07. The second-order valence-electron chi connectivity index (χ2n) is 4.16.